The average Bonchev–Trinajstić information content (AvgIpc) is 3.37. The number of nitrogens with one attached hydrogen (secondary N) is 2. The van der Waals surface area contributed by atoms with Crippen LogP contribution in [0, 0.1) is 10.5 Å². The molecule has 0 atom stereocenters. The molecule has 1 aliphatic rings. The summed E-state index contributed by atoms with van der Waals surface area (Å²) in [5, 5.41) is 12.4. The number of anilines is 1. The number of aromatic amines is 1. The second kappa shape index (κ2) is 8.38. The van der Waals surface area contributed by atoms with Gasteiger partial charge in [0.1, 0.15) is 0 Å². The van der Waals surface area contributed by atoms with E-state index in [4.69, 9.17) is 0 Å². The number of carbonyl (C=O) groups excluding carboxylic acids is 2. The predicted molar refractivity (Wildman–Crippen MR) is 132 cm³/mol. The van der Waals surface area contributed by atoms with E-state index >= 15 is 0 Å². The molecule has 6 nitrogen and oxygen atoms in total. The molecule has 0 aliphatic carbocycles. The number of amides is 2. The van der Waals surface area contributed by atoms with Gasteiger partial charge >= 0.3 is 0 Å². The zero-order valence-electron chi connectivity index (χ0n) is 17.5. The molecule has 7 heteroatoms. The molecule has 1 aromatic heterocycles. The average molecular weight is 536 g/mol. The van der Waals surface area contributed by atoms with Crippen LogP contribution in [-0.4, -0.2) is 26.9 Å². The van der Waals surface area contributed by atoms with E-state index in [1.807, 2.05) is 61.5 Å². The van der Waals surface area contributed by atoms with Gasteiger partial charge in [0.2, 0.25) is 5.91 Å². The fourth-order valence-electron chi connectivity index (χ4n) is 4.01. The minimum atomic E-state index is -0.132. The fraction of sp³-hybridized carbons (Fsp3) is 0.160. The Bertz CT molecular complexity index is 1360. The first-order chi connectivity index (χ1) is 15.5. The lowest BCUT2D eigenvalue weighted by Gasteiger charge is -2.16. The maximum Gasteiger partial charge on any atom is 0.254 e. The van der Waals surface area contributed by atoms with E-state index in [2.05, 4.69) is 44.2 Å². The number of hydrogen-bond donors (Lipinski definition) is 2. The minimum absolute atomic E-state index is 0.0269. The van der Waals surface area contributed by atoms with Gasteiger partial charge in [-0.25, -0.2) is 0 Å². The summed E-state index contributed by atoms with van der Waals surface area (Å²) in [5.74, 6) is 0.341. The summed E-state index contributed by atoms with van der Waals surface area (Å²) < 4.78 is 1.06. The molecule has 0 radical (unpaired) electrons. The fourth-order valence-corrected chi connectivity index (χ4v) is 4.52. The first-order valence-electron chi connectivity index (χ1n) is 10.4. The van der Waals surface area contributed by atoms with Crippen LogP contribution in [0.25, 0.3) is 10.8 Å². The number of aryl methyl sites for hydroxylation is 1. The third-order valence-corrected chi connectivity index (χ3v) is 6.96. The lowest BCUT2D eigenvalue weighted by molar-refractivity contribution is -0.115. The number of halogens is 1. The van der Waals surface area contributed by atoms with E-state index in [0.29, 0.717) is 24.5 Å². The van der Waals surface area contributed by atoms with Crippen molar-refractivity contribution in [2.75, 3.05) is 5.32 Å². The molecular weight excluding hydrogens is 515 g/mol. The highest BCUT2D eigenvalue weighted by atomic mass is 127. The smallest absolute Gasteiger partial charge is 0.254 e. The quantitative estimate of drug-likeness (QED) is 0.368. The molecule has 0 fully saturated rings. The molecule has 5 rings (SSSR count). The largest absolute Gasteiger partial charge is 0.328 e. The van der Waals surface area contributed by atoms with Gasteiger partial charge in [0.05, 0.1) is 25.2 Å². The van der Waals surface area contributed by atoms with Crippen molar-refractivity contribution in [3.63, 3.8) is 0 Å². The number of rotatable bonds is 4. The van der Waals surface area contributed by atoms with Crippen molar-refractivity contribution in [2.45, 2.75) is 26.4 Å². The van der Waals surface area contributed by atoms with Gasteiger partial charge in [-0.2, -0.15) is 5.10 Å². The number of hydrogen-bond acceptors (Lipinski definition) is 3. The Morgan fingerprint density at radius 3 is 2.69 bits per heavy atom. The lowest BCUT2D eigenvalue weighted by atomic mass is 10.0. The molecule has 0 saturated heterocycles. The van der Waals surface area contributed by atoms with Gasteiger partial charge in [0.25, 0.3) is 5.91 Å². The molecule has 160 valence electrons. The standard InChI is InChI=1S/C25H21IN4O2/c1-15-6-8-19(12-21(15)26)25(32)30-13-20-22(14-30)28-29-24(20)27-23(31)11-16-7-9-17-4-2-3-5-18(17)10-16/h2-10,12H,11,13-14H2,1H3,(H2,27,28,29,31). The number of carbonyl (C=O) groups is 2. The van der Waals surface area contributed by atoms with Crippen molar-refractivity contribution in [3.8, 4) is 0 Å². The molecule has 0 bridgehead atoms. The van der Waals surface area contributed by atoms with E-state index in [9.17, 15) is 9.59 Å². The molecule has 0 saturated carbocycles. The van der Waals surface area contributed by atoms with Crippen molar-refractivity contribution in [3.05, 3.63) is 92.2 Å². The number of benzene rings is 3. The number of aromatic nitrogens is 2. The van der Waals surface area contributed by atoms with Gasteiger partial charge in [-0.15, -0.1) is 0 Å². The third kappa shape index (κ3) is 4.00. The van der Waals surface area contributed by atoms with Crippen molar-refractivity contribution in [1.82, 2.24) is 15.1 Å². The summed E-state index contributed by atoms with van der Waals surface area (Å²) in [7, 11) is 0. The van der Waals surface area contributed by atoms with Crippen molar-refractivity contribution in [2.24, 2.45) is 0 Å². The van der Waals surface area contributed by atoms with Crippen molar-refractivity contribution in [1.29, 1.82) is 0 Å². The Kier molecular flexibility index (Phi) is 5.42. The molecule has 2 N–H and O–H groups in total. The zero-order chi connectivity index (χ0) is 22.2. The SMILES string of the molecule is Cc1ccc(C(=O)N2Cc3[nH]nc(NC(=O)Cc4ccc5ccccc5c4)c3C2)cc1I. The molecule has 0 spiro atoms. The van der Waals surface area contributed by atoms with Crippen LogP contribution in [0.15, 0.2) is 60.7 Å². The maximum absolute atomic E-state index is 13.0. The highest BCUT2D eigenvalue weighted by molar-refractivity contribution is 14.1. The third-order valence-electron chi connectivity index (χ3n) is 5.79. The molecule has 4 aromatic rings. The van der Waals surface area contributed by atoms with Gasteiger partial charge in [-0.1, -0.05) is 48.5 Å². The van der Waals surface area contributed by atoms with Crippen molar-refractivity contribution < 1.29 is 9.59 Å². The molecular formula is C25H21IN4O2. The van der Waals surface area contributed by atoms with E-state index in [-0.39, 0.29) is 18.2 Å². The van der Waals surface area contributed by atoms with Crippen LogP contribution in [0.1, 0.15) is 32.7 Å². The number of H-pyrrole nitrogens is 1. The number of fused-ring (bicyclic) bond motifs is 2. The van der Waals surface area contributed by atoms with Gasteiger partial charge < -0.3 is 10.2 Å². The minimum Gasteiger partial charge on any atom is -0.328 e. The monoisotopic (exact) mass is 536 g/mol. The topological polar surface area (TPSA) is 78.1 Å². The zero-order valence-corrected chi connectivity index (χ0v) is 19.6. The molecule has 3 aromatic carbocycles. The van der Waals surface area contributed by atoms with Crippen LogP contribution in [0.2, 0.25) is 0 Å². The summed E-state index contributed by atoms with van der Waals surface area (Å²) in [4.78, 5) is 27.4. The lowest BCUT2D eigenvalue weighted by Crippen LogP contribution is -2.26. The highest BCUT2D eigenvalue weighted by Gasteiger charge is 2.29. The first kappa shape index (κ1) is 20.7. The molecule has 2 heterocycles. The molecule has 0 unspecified atom stereocenters. The maximum atomic E-state index is 13.0. The van der Waals surface area contributed by atoms with Crippen LogP contribution in [0.4, 0.5) is 5.82 Å². The van der Waals surface area contributed by atoms with Gasteiger partial charge in [0, 0.05) is 14.7 Å². The van der Waals surface area contributed by atoms with E-state index in [1.165, 1.54) is 0 Å². The van der Waals surface area contributed by atoms with Gasteiger partial charge in [-0.3, -0.25) is 14.7 Å². The Balaban J connectivity index is 1.27. The van der Waals surface area contributed by atoms with Crippen LogP contribution < -0.4 is 5.32 Å². The number of nitrogens with zero attached hydrogens (tertiary/aromatic N) is 2. The van der Waals surface area contributed by atoms with Gasteiger partial charge in [0.15, 0.2) is 5.82 Å². The van der Waals surface area contributed by atoms with Crippen LogP contribution in [-0.2, 0) is 24.3 Å². The first-order valence-corrected chi connectivity index (χ1v) is 11.4. The summed E-state index contributed by atoms with van der Waals surface area (Å²) in [6.07, 6.45) is 0.261. The second-order valence-corrected chi connectivity index (χ2v) is 9.22. The van der Waals surface area contributed by atoms with Gasteiger partial charge in [-0.05, 0) is 63.5 Å². The Morgan fingerprint density at radius 1 is 1.06 bits per heavy atom. The van der Waals surface area contributed by atoms with Crippen LogP contribution in [0.5, 0.6) is 0 Å². The molecule has 2 amide bonds. The highest BCUT2D eigenvalue weighted by Crippen LogP contribution is 2.29. The summed E-state index contributed by atoms with van der Waals surface area (Å²) in [6.45, 7) is 2.89. The Hall–Kier alpha value is -3.20. The van der Waals surface area contributed by atoms with E-state index in [1.54, 1.807) is 4.90 Å². The Morgan fingerprint density at radius 2 is 1.88 bits per heavy atom. The van der Waals surface area contributed by atoms with Crippen molar-refractivity contribution >= 4 is 51.0 Å². The predicted octanol–water partition coefficient (Wildman–Crippen LogP) is 4.81. The normalized spacial score (nSPS) is 12.8. The van der Waals surface area contributed by atoms with E-state index in [0.717, 1.165) is 36.7 Å². The summed E-state index contributed by atoms with van der Waals surface area (Å²) in [6, 6.07) is 19.9. The van der Waals surface area contributed by atoms with Crippen LogP contribution >= 0.6 is 22.6 Å². The Labute approximate surface area is 199 Å². The second-order valence-electron chi connectivity index (χ2n) is 8.06. The van der Waals surface area contributed by atoms with Crippen LogP contribution in [0.3, 0.4) is 0 Å². The molecule has 1 aliphatic heterocycles. The summed E-state index contributed by atoms with van der Waals surface area (Å²) in [5.41, 5.74) is 4.49. The molecule has 32 heavy (non-hydrogen) atoms. The summed E-state index contributed by atoms with van der Waals surface area (Å²) >= 11 is 2.24. The van der Waals surface area contributed by atoms with E-state index < -0.39 is 0 Å².